The van der Waals surface area contributed by atoms with E-state index in [1.807, 2.05) is 65.6 Å². The number of aromatic nitrogens is 2. The highest BCUT2D eigenvalue weighted by Crippen LogP contribution is 2.29. The molecule has 0 aliphatic heterocycles. The van der Waals surface area contributed by atoms with Crippen molar-refractivity contribution in [1.29, 1.82) is 0 Å². The summed E-state index contributed by atoms with van der Waals surface area (Å²) in [5.41, 5.74) is 7.95. The highest BCUT2D eigenvalue weighted by molar-refractivity contribution is 5.94. The fourth-order valence-corrected chi connectivity index (χ4v) is 2.69. The minimum absolute atomic E-state index is 0.0835. The Hall–Kier alpha value is -2.74. The number of nitrogens with zero attached hydrogens (tertiary/aromatic N) is 4. The number of rotatable bonds is 9. The molecule has 0 aliphatic rings. The van der Waals surface area contributed by atoms with E-state index in [1.165, 1.54) is 0 Å². The molecule has 2 aromatic rings. The van der Waals surface area contributed by atoms with Gasteiger partial charge in [-0.3, -0.25) is 9.67 Å². The summed E-state index contributed by atoms with van der Waals surface area (Å²) in [5.74, 6) is 1.77. The third-order valence-electron chi connectivity index (χ3n) is 3.99. The molecule has 1 aromatic carbocycles. The molecular formula is C19H30N6O2. The first-order valence-corrected chi connectivity index (χ1v) is 9.06. The summed E-state index contributed by atoms with van der Waals surface area (Å²) in [6, 6.07) is 5.68. The molecule has 0 saturated carbocycles. The molecule has 1 unspecified atom stereocenters. The summed E-state index contributed by atoms with van der Waals surface area (Å²) < 4.78 is 13.0. The predicted octanol–water partition coefficient (Wildman–Crippen LogP) is 2.25. The van der Waals surface area contributed by atoms with Crippen molar-refractivity contribution in [3.63, 3.8) is 0 Å². The molecule has 0 spiro atoms. The zero-order chi connectivity index (χ0) is 19.8. The smallest absolute Gasteiger partial charge is 0.193 e. The Morgan fingerprint density at radius 3 is 2.63 bits per heavy atom. The predicted molar refractivity (Wildman–Crippen MR) is 109 cm³/mol. The van der Waals surface area contributed by atoms with E-state index >= 15 is 0 Å². The summed E-state index contributed by atoms with van der Waals surface area (Å²) in [5, 5.41) is 7.37. The summed E-state index contributed by atoms with van der Waals surface area (Å²) in [6.07, 6.45) is 3.84. The topological polar surface area (TPSA) is 89.9 Å². The average molecular weight is 374 g/mol. The van der Waals surface area contributed by atoms with Gasteiger partial charge in [-0.05, 0) is 40.1 Å². The molecular weight excluding hydrogens is 344 g/mol. The number of hydrogen-bond donors (Lipinski definition) is 2. The fourth-order valence-electron chi connectivity index (χ4n) is 2.69. The molecule has 8 nitrogen and oxygen atoms in total. The van der Waals surface area contributed by atoms with Gasteiger partial charge in [-0.25, -0.2) is 0 Å². The summed E-state index contributed by atoms with van der Waals surface area (Å²) in [6.45, 7) is 5.54. The first kappa shape index (κ1) is 20.6. The second-order valence-corrected chi connectivity index (χ2v) is 6.30. The van der Waals surface area contributed by atoms with Gasteiger partial charge in [0.05, 0.1) is 37.7 Å². The van der Waals surface area contributed by atoms with E-state index in [4.69, 9.17) is 15.2 Å². The number of ether oxygens (including phenoxy) is 2. The Balaban J connectivity index is 2.14. The van der Waals surface area contributed by atoms with E-state index in [-0.39, 0.29) is 6.04 Å². The van der Waals surface area contributed by atoms with Crippen molar-refractivity contribution < 1.29 is 9.47 Å². The Labute approximate surface area is 161 Å². The molecule has 1 atom stereocenters. The molecule has 0 fully saturated rings. The monoisotopic (exact) mass is 374 g/mol. The Kier molecular flexibility index (Phi) is 7.48. The number of guanidine groups is 1. The van der Waals surface area contributed by atoms with Gasteiger partial charge in [-0.2, -0.15) is 5.10 Å². The van der Waals surface area contributed by atoms with E-state index in [2.05, 4.69) is 20.3 Å². The quantitative estimate of drug-likeness (QED) is 0.517. The van der Waals surface area contributed by atoms with Crippen LogP contribution in [0.2, 0.25) is 0 Å². The number of anilines is 1. The number of hydrogen-bond acceptors (Lipinski definition) is 5. The first-order valence-electron chi connectivity index (χ1n) is 9.06. The SMILES string of the molecule is CCOc1ccc(OCC)c(NC(N)=NCC(c2cnn(C)c2)N(C)C)c1. The van der Waals surface area contributed by atoms with Crippen LogP contribution in [0.5, 0.6) is 11.5 Å². The van der Waals surface area contributed by atoms with Gasteiger partial charge in [0.15, 0.2) is 5.96 Å². The van der Waals surface area contributed by atoms with Crippen LogP contribution in [0.3, 0.4) is 0 Å². The lowest BCUT2D eigenvalue weighted by molar-refractivity contribution is 0.306. The highest BCUT2D eigenvalue weighted by Gasteiger charge is 2.16. The number of nitrogens with two attached hydrogens (primary N) is 1. The van der Waals surface area contributed by atoms with Crippen LogP contribution in [-0.4, -0.2) is 54.5 Å². The maximum absolute atomic E-state index is 6.13. The molecule has 0 amide bonds. The number of nitrogens with one attached hydrogen (secondary N) is 1. The first-order chi connectivity index (χ1) is 12.9. The number of aliphatic imine (C=N–C) groups is 1. The van der Waals surface area contributed by atoms with Crippen molar-refractivity contribution in [2.24, 2.45) is 17.8 Å². The van der Waals surface area contributed by atoms with Crippen molar-refractivity contribution >= 4 is 11.6 Å². The molecule has 2 rings (SSSR count). The van der Waals surface area contributed by atoms with Crippen molar-refractivity contribution in [1.82, 2.24) is 14.7 Å². The second kappa shape index (κ2) is 9.82. The average Bonchev–Trinajstić information content (AvgIpc) is 3.03. The molecule has 27 heavy (non-hydrogen) atoms. The van der Waals surface area contributed by atoms with Gasteiger partial charge in [-0.1, -0.05) is 0 Å². The standard InChI is InChI=1S/C19H30N6O2/c1-6-26-15-8-9-18(27-7-2)16(10-15)23-19(20)21-12-17(24(3)4)14-11-22-25(5)13-14/h8-11,13,17H,6-7,12H2,1-5H3,(H3,20,21,23). The summed E-state index contributed by atoms with van der Waals surface area (Å²) in [7, 11) is 5.92. The van der Waals surface area contributed by atoms with Gasteiger partial charge in [0.25, 0.3) is 0 Å². The third kappa shape index (κ3) is 5.89. The minimum Gasteiger partial charge on any atom is -0.494 e. The number of aryl methyl sites for hydroxylation is 1. The van der Waals surface area contributed by atoms with Gasteiger partial charge < -0.3 is 25.4 Å². The maximum Gasteiger partial charge on any atom is 0.193 e. The molecule has 3 N–H and O–H groups in total. The van der Waals surface area contributed by atoms with E-state index < -0.39 is 0 Å². The van der Waals surface area contributed by atoms with Crippen LogP contribution in [0.1, 0.15) is 25.5 Å². The van der Waals surface area contributed by atoms with E-state index in [1.54, 1.807) is 4.68 Å². The van der Waals surface area contributed by atoms with Crippen LogP contribution in [-0.2, 0) is 7.05 Å². The molecule has 8 heteroatoms. The lowest BCUT2D eigenvalue weighted by Gasteiger charge is -2.21. The van der Waals surface area contributed by atoms with Gasteiger partial charge in [0.2, 0.25) is 0 Å². The van der Waals surface area contributed by atoms with Crippen LogP contribution >= 0.6 is 0 Å². The maximum atomic E-state index is 6.13. The van der Waals surface area contributed by atoms with Crippen LogP contribution in [0, 0.1) is 0 Å². The zero-order valence-electron chi connectivity index (χ0n) is 16.8. The summed E-state index contributed by atoms with van der Waals surface area (Å²) >= 11 is 0. The van der Waals surface area contributed by atoms with Crippen LogP contribution in [0.15, 0.2) is 35.6 Å². The minimum atomic E-state index is 0.0835. The van der Waals surface area contributed by atoms with Gasteiger partial charge in [-0.15, -0.1) is 0 Å². The molecule has 0 bridgehead atoms. The van der Waals surface area contributed by atoms with Crippen molar-refractivity contribution in [3.05, 3.63) is 36.2 Å². The highest BCUT2D eigenvalue weighted by atomic mass is 16.5. The largest absolute Gasteiger partial charge is 0.494 e. The number of benzene rings is 1. The van der Waals surface area contributed by atoms with Crippen LogP contribution in [0.25, 0.3) is 0 Å². The van der Waals surface area contributed by atoms with Crippen LogP contribution < -0.4 is 20.5 Å². The normalized spacial score (nSPS) is 12.9. The Morgan fingerprint density at radius 1 is 1.30 bits per heavy atom. The van der Waals surface area contributed by atoms with Gasteiger partial charge in [0, 0.05) is 24.9 Å². The van der Waals surface area contributed by atoms with Gasteiger partial charge in [0.1, 0.15) is 11.5 Å². The lowest BCUT2D eigenvalue weighted by Crippen LogP contribution is -2.27. The molecule has 1 heterocycles. The number of likely N-dealkylation sites (N-methyl/N-ethyl adjacent to an activating group) is 1. The van der Waals surface area contributed by atoms with Crippen molar-refractivity contribution in [2.75, 3.05) is 39.2 Å². The lowest BCUT2D eigenvalue weighted by atomic mass is 10.1. The van der Waals surface area contributed by atoms with Crippen molar-refractivity contribution in [2.45, 2.75) is 19.9 Å². The molecule has 1 aromatic heterocycles. The molecule has 0 aliphatic carbocycles. The summed E-state index contributed by atoms with van der Waals surface area (Å²) in [4.78, 5) is 6.60. The van der Waals surface area contributed by atoms with Crippen molar-refractivity contribution in [3.8, 4) is 11.5 Å². The Morgan fingerprint density at radius 2 is 2.04 bits per heavy atom. The zero-order valence-corrected chi connectivity index (χ0v) is 16.8. The Bertz CT molecular complexity index is 756. The van der Waals surface area contributed by atoms with E-state index in [9.17, 15) is 0 Å². The molecule has 0 saturated heterocycles. The molecule has 0 radical (unpaired) electrons. The molecule has 148 valence electrons. The third-order valence-corrected chi connectivity index (χ3v) is 3.99. The second-order valence-electron chi connectivity index (χ2n) is 6.30. The van der Waals surface area contributed by atoms with Crippen LogP contribution in [0.4, 0.5) is 5.69 Å². The fraction of sp³-hybridized carbons (Fsp3) is 0.474. The van der Waals surface area contributed by atoms with E-state index in [0.29, 0.717) is 31.5 Å². The van der Waals surface area contributed by atoms with E-state index in [0.717, 1.165) is 17.0 Å². The van der Waals surface area contributed by atoms with Gasteiger partial charge >= 0.3 is 0 Å².